The second-order valence-corrected chi connectivity index (χ2v) is 4.21. The minimum Gasteiger partial charge on any atom is -0.481 e. The number of alkyl halides is 10. The van der Waals surface area contributed by atoms with Crippen molar-refractivity contribution in [2.45, 2.75) is 49.4 Å². The molecule has 0 aliphatic heterocycles. The van der Waals surface area contributed by atoms with E-state index >= 15 is 0 Å². The van der Waals surface area contributed by atoms with Crippen LogP contribution in [0.4, 0.5) is 43.9 Å². The summed E-state index contributed by atoms with van der Waals surface area (Å²) in [5, 5.41) is 8.00. The molecule has 0 aromatic heterocycles. The molecule has 0 rings (SSSR count). The third-order valence-corrected chi connectivity index (χ3v) is 2.45. The lowest BCUT2D eigenvalue weighted by atomic mass is 9.93. The summed E-state index contributed by atoms with van der Waals surface area (Å²) >= 11 is 0. The topological polar surface area (TPSA) is 37.3 Å². The average molecular weight is 338 g/mol. The van der Waals surface area contributed by atoms with Crippen LogP contribution in [0, 0.1) is 0 Å². The Hall–Kier alpha value is -1.23. The van der Waals surface area contributed by atoms with E-state index in [4.69, 9.17) is 5.11 Å². The van der Waals surface area contributed by atoms with Crippen molar-refractivity contribution in [3.8, 4) is 0 Å². The van der Waals surface area contributed by atoms with Gasteiger partial charge in [0.15, 0.2) is 0 Å². The maximum Gasteiger partial charge on any atom is 0.384 e. The van der Waals surface area contributed by atoms with Gasteiger partial charge in [0.1, 0.15) is 0 Å². The standard InChI is InChI=1S/C9H8F10O2/c1-5(10,11)7(14,15)9(18,19)8(16,17)6(12,13)3-2-4(20)21/h2-3H2,1H3,(H,20,21). The molecule has 0 spiro atoms. The summed E-state index contributed by atoms with van der Waals surface area (Å²) in [6, 6.07) is 0. The molecule has 0 saturated heterocycles. The molecule has 0 saturated carbocycles. The smallest absolute Gasteiger partial charge is 0.384 e. The predicted molar refractivity (Wildman–Crippen MR) is 47.3 cm³/mol. The van der Waals surface area contributed by atoms with Crippen LogP contribution in [0.2, 0.25) is 0 Å². The number of hydrogen-bond donors (Lipinski definition) is 1. The molecule has 0 aliphatic rings. The minimum absolute atomic E-state index is 0.841. The van der Waals surface area contributed by atoms with Gasteiger partial charge in [0.05, 0.1) is 6.42 Å². The van der Waals surface area contributed by atoms with Gasteiger partial charge < -0.3 is 5.11 Å². The van der Waals surface area contributed by atoms with Crippen LogP contribution < -0.4 is 0 Å². The second kappa shape index (κ2) is 5.20. The number of carbonyl (C=O) groups is 1. The van der Waals surface area contributed by atoms with Crippen molar-refractivity contribution in [2.75, 3.05) is 0 Å². The van der Waals surface area contributed by atoms with Crippen molar-refractivity contribution >= 4 is 5.97 Å². The Bertz CT molecular complexity index is 398. The first-order chi connectivity index (χ1) is 8.92. The normalized spacial score (nSPS) is 15.2. The van der Waals surface area contributed by atoms with Gasteiger partial charge in [-0.05, 0) is 0 Å². The molecule has 0 amide bonds. The number of carboxylic acid groups (broad SMARTS) is 1. The summed E-state index contributed by atoms with van der Waals surface area (Å²) in [5.74, 6) is -34.5. The van der Waals surface area contributed by atoms with Gasteiger partial charge >= 0.3 is 35.6 Å². The van der Waals surface area contributed by atoms with Crippen molar-refractivity contribution < 1.29 is 53.8 Å². The van der Waals surface area contributed by atoms with Gasteiger partial charge in [0.2, 0.25) is 0 Å². The highest BCUT2D eigenvalue weighted by molar-refractivity contribution is 5.66. The number of aliphatic carboxylic acids is 1. The van der Waals surface area contributed by atoms with E-state index in [-0.39, 0.29) is 0 Å². The van der Waals surface area contributed by atoms with Gasteiger partial charge in [-0.1, -0.05) is 0 Å². The van der Waals surface area contributed by atoms with Gasteiger partial charge in [-0.15, -0.1) is 0 Å². The first kappa shape index (κ1) is 19.8. The summed E-state index contributed by atoms with van der Waals surface area (Å²) < 4.78 is 128. The molecule has 0 aromatic carbocycles. The number of halogens is 10. The molecule has 126 valence electrons. The quantitative estimate of drug-likeness (QED) is 0.711. The molecule has 0 heterocycles. The van der Waals surface area contributed by atoms with E-state index in [9.17, 15) is 48.7 Å². The fraction of sp³-hybridized carbons (Fsp3) is 0.889. The Kier molecular flexibility index (Phi) is 4.89. The summed E-state index contributed by atoms with van der Waals surface area (Å²) in [5.41, 5.74) is 0. The van der Waals surface area contributed by atoms with Gasteiger partial charge in [-0.3, -0.25) is 4.79 Å². The summed E-state index contributed by atoms with van der Waals surface area (Å²) in [6.45, 7) is -0.841. The SMILES string of the molecule is CC(F)(F)C(F)(F)C(F)(F)C(F)(F)C(F)(F)CCC(=O)O. The Morgan fingerprint density at radius 2 is 1.19 bits per heavy atom. The van der Waals surface area contributed by atoms with Crippen LogP contribution in [0.25, 0.3) is 0 Å². The molecule has 0 aliphatic carbocycles. The highest BCUT2D eigenvalue weighted by Gasteiger charge is 2.84. The lowest BCUT2D eigenvalue weighted by Gasteiger charge is -2.38. The highest BCUT2D eigenvalue weighted by Crippen LogP contribution is 2.57. The molecule has 2 nitrogen and oxygen atoms in total. The van der Waals surface area contributed by atoms with E-state index in [1.165, 1.54) is 0 Å². The van der Waals surface area contributed by atoms with Crippen LogP contribution in [-0.4, -0.2) is 40.7 Å². The van der Waals surface area contributed by atoms with Crippen LogP contribution in [0.5, 0.6) is 0 Å². The van der Waals surface area contributed by atoms with Crippen molar-refractivity contribution in [1.29, 1.82) is 0 Å². The number of hydrogen-bond acceptors (Lipinski definition) is 1. The van der Waals surface area contributed by atoms with Crippen LogP contribution in [0.1, 0.15) is 19.8 Å². The van der Waals surface area contributed by atoms with Gasteiger partial charge in [0, 0.05) is 13.3 Å². The first-order valence-corrected chi connectivity index (χ1v) is 5.02. The molecule has 0 bridgehead atoms. The summed E-state index contributed by atoms with van der Waals surface area (Å²) in [7, 11) is 0. The largest absolute Gasteiger partial charge is 0.481 e. The molecule has 1 N–H and O–H groups in total. The maximum atomic E-state index is 12.9. The molecule has 0 radical (unpaired) electrons. The van der Waals surface area contributed by atoms with Crippen molar-refractivity contribution in [2.24, 2.45) is 0 Å². The Labute approximate surface area is 110 Å². The van der Waals surface area contributed by atoms with E-state index < -0.39 is 55.3 Å². The van der Waals surface area contributed by atoms with Crippen molar-refractivity contribution in [1.82, 2.24) is 0 Å². The van der Waals surface area contributed by atoms with E-state index in [0.29, 0.717) is 0 Å². The molecule has 0 aromatic rings. The molecule has 0 atom stereocenters. The molecular weight excluding hydrogens is 330 g/mol. The fourth-order valence-corrected chi connectivity index (χ4v) is 1.12. The zero-order valence-corrected chi connectivity index (χ0v) is 10.0. The lowest BCUT2D eigenvalue weighted by Crippen LogP contribution is -2.66. The maximum absolute atomic E-state index is 12.9. The third kappa shape index (κ3) is 3.18. The fourth-order valence-electron chi connectivity index (χ4n) is 1.12. The molecular formula is C9H8F10O2. The zero-order chi connectivity index (χ0) is 17.5. The highest BCUT2D eigenvalue weighted by atomic mass is 19.4. The second-order valence-electron chi connectivity index (χ2n) is 4.21. The van der Waals surface area contributed by atoms with Crippen molar-refractivity contribution in [3.63, 3.8) is 0 Å². The summed E-state index contributed by atoms with van der Waals surface area (Å²) in [4.78, 5) is 9.94. The molecule has 12 heteroatoms. The summed E-state index contributed by atoms with van der Waals surface area (Å²) in [6.07, 6.45) is -4.19. The number of carboxylic acids is 1. The van der Waals surface area contributed by atoms with Gasteiger partial charge in [0.25, 0.3) is 0 Å². The third-order valence-electron chi connectivity index (χ3n) is 2.45. The average Bonchev–Trinajstić information content (AvgIpc) is 2.24. The Morgan fingerprint density at radius 1 is 0.810 bits per heavy atom. The molecule has 0 fully saturated rings. The van der Waals surface area contributed by atoms with Gasteiger partial charge in [-0.25, -0.2) is 0 Å². The number of rotatable bonds is 7. The Balaban J connectivity index is 5.71. The predicted octanol–water partition coefficient (Wildman–Crippen LogP) is 4.05. The van der Waals surface area contributed by atoms with Crippen LogP contribution in [0.3, 0.4) is 0 Å². The minimum atomic E-state index is -7.11. The van der Waals surface area contributed by atoms with E-state index in [2.05, 4.69) is 0 Å². The van der Waals surface area contributed by atoms with E-state index in [1.54, 1.807) is 0 Å². The molecule has 0 unspecified atom stereocenters. The van der Waals surface area contributed by atoms with Crippen LogP contribution in [-0.2, 0) is 4.79 Å². The molecule has 21 heavy (non-hydrogen) atoms. The van der Waals surface area contributed by atoms with Crippen molar-refractivity contribution in [3.05, 3.63) is 0 Å². The first-order valence-electron chi connectivity index (χ1n) is 5.02. The monoisotopic (exact) mass is 338 g/mol. The van der Waals surface area contributed by atoms with Gasteiger partial charge in [-0.2, -0.15) is 43.9 Å². The van der Waals surface area contributed by atoms with Crippen LogP contribution >= 0.6 is 0 Å². The zero-order valence-electron chi connectivity index (χ0n) is 10.0. The van der Waals surface area contributed by atoms with E-state index in [1.807, 2.05) is 0 Å². The lowest BCUT2D eigenvalue weighted by molar-refractivity contribution is -0.399. The Morgan fingerprint density at radius 3 is 1.48 bits per heavy atom. The van der Waals surface area contributed by atoms with E-state index in [0.717, 1.165) is 0 Å². The van der Waals surface area contributed by atoms with Crippen LogP contribution in [0.15, 0.2) is 0 Å².